The lowest BCUT2D eigenvalue weighted by Gasteiger charge is -2.12. The van der Waals surface area contributed by atoms with E-state index in [0.29, 0.717) is 11.3 Å². The Bertz CT molecular complexity index is 323. The fourth-order valence-electron chi connectivity index (χ4n) is 1.11. The zero-order valence-corrected chi connectivity index (χ0v) is 8.58. The molecule has 3 heteroatoms. The molecule has 0 aliphatic carbocycles. The molecule has 0 bridgehead atoms. The Morgan fingerprint density at radius 2 is 2.14 bits per heavy atom. The number of nitrogen functional groups attached to an aromatic ring is 1. The minimum atomic E-state index is -0.0996. The summed E-state index contributed by atoms with van der Waals surface area (Å²) < 4.78 is 0. The maximum Gasteiger partial charge on any atom is 0.253 e. The van der Waals surface area contributed by atoms with E-state index < -0.39 is 0 Å². The molecule has 76 valence electrons. The molecule has 1 atom stereocenters. The van der Waals surface area contributed by atoms with Crippen LogP contribution in [0.2, 0.25) is 0 Å². The summed E-state index contributed by atoms with van der Waals surface area (Å²) in [6.45, 7) is 4.00. The zero-order chi connectivity index (χ0) is 10.6. The van der Waals surface area contributed by atoms with E-state index in [1.807, 2.05) is 26.0 Å². The van der Waals surface area contributed by atoms with Crippen LogP contribution in [-0.2, 0) is 0 Å². The molecule has 1 amide bonds. The number of para-hydroxylation sites is 1. The molecule has 1 aromatic carbocycles. The van der Waals surface area contributed by atoms with Gasteiger partial charge in [0.1, 0.15) is 0 Å². The van der Waals surface area contributed by atoms with Crippen LogP contribution in [0.3, 0.4) is 0 Å². The van der Waals surface area contributed by atoms with Crippen LogP contribution in [0.1, 0.15) is 30.6 Å². The standard InChI is InChI=1S/C11H16N2O/c1-3-8(2)13-11(14)9-6-4-5-7-10(9)12/h4-8H,3,12H2,1-2H3,(H,13,14)/t8-/m1/s1. The van der Waals surface area contributed by atoms with Gasteiger partial charge in [-0.1, -0.05) is 19.1 Å². The van der Waals surface area contributed by atoms with E-state index in [4.69, 9.17) is 5.73 Å². The van der Waals surface area contributed by atoms with Crippen LogP contribution in [0.15, 0.2) is 24.3 Å². The lowest BCUT2D eigenvalue weighted by molar-refractivity contribution is 0.0940. The number of rotatable bonds is 3. The summed E-state index contributed by atoms with van der Waals surface area (Å²) in [5.74, 6) is -0.0996. The van der Waals surface area contributed by atoms with E-state index in [-0.39, 0.29) is 11.9 Å². The molecule has 0 spiro atoms. The van der Waals surface area contributed by atoms with E-state index in [1.54, 1.807) is 12.1 Å². The van der Waals surface area contributed by atoms with E-state index in [0.717, 1.165) is 6.42 Å². The molecular formula is C11H16N2O. The highest BCUT2D eigenvalue weighted by Gasteiger charge is 2.10. The molecule has 0 radical (unpaired) electrons. The molecule has 3 N–H and O–H groups in total. The minimum Gasteiger partial charge on any atom is -0.398 e. The molecule has 1 aromatic rings. The van der Waals surface area contributed by atoms with Gasteiger partial charge in [0.15, 0.2) is 0 Å². The average Bonchev–Trinajstić information content (AvgIpc) is 2.18. The van der Waals surface area contributed by atoms with Crippen molar-refractivity contribution in [2.75, 3.05) is 5.73 Å². The summed E-state index contributed by atoms with van der Waals surface area (Å²) in [6, 6.07) is 7.26. The van der Waals surface area contributed by atoms with Crippen molar-refractivity contribution in [2.45, 2.75) is 26.3 Å². The molecule has 0 fully saturated rings. The monoisotopic (exact) mass is 192 g/mol. The lowest BCUT2D eigenvalue weighted by Crippen LogP contribution is -2.32. The van der Waals surface area contributed by atoms with Gasteiger partial charge < -0.3 is 11.1 Å². The first kappa shape index (κ1) is 10.6. The van der Waals surface area contributed by atoms with Crippen molar-refractivity contribution in [1.82, 2.24) is 5.32 Å². The van der Waals surface area contributed by atoms with Crippen LogP contribution in [-0.4, -0.2) is 11.9 Å². The first-order chi connectivity index (χ1) is 6.65. The molecule has 0 aliphatic rings. The van der Waals surface area contributed by atoms with Gasteiger partial charge in [-0.3, -0.25) is 4.79 Å². The molecule has 0 saturated heterocycles. The SMILES string of the molecule is CC[C@@H](C)NC(=O)c1ccccc1N. The van der Waals surface area contributed by atoms with E-state index in [1.165, 1.54) is 0 Å². The number of amides is 1. The van der Waals surface area contributed by atoms with Crippen LogP contribution < -0.4 is 11.1 Å². The van der Waals surface area contributed by atoms with Crippen molar-refractivity contribution in [3.8, 4) is 0 Å². The minimum absolute atomic E-state index is 0.0996. The van der Waals surface area contributed by atoms with E-state index in [9.17, 15) is 4.79 Å². The van der Waals surface area contributed by atoms with Crippen molar-refractivity contribution in [2.24, 2.45) is 0 Å². The second-order valence-corrected chi connectivity index (χ2v) is 3.37. The first-order valence-electron chi connectivity index (χ1n) is 4.80. The quantitative estimate of drug-likeness (QED) is 0.717. The Kier molecular flexibility index (Phi) is 3.51. The summed E-state index contributed by atoms with van der Waals surface area (Å²) in [6.07, 6.45) is 0.915. The van der Waals surface area contributed by atoms with Gasteiger partial charge in [-0.2, -0.15) is 0 Å². The fourth-order valence-corrected chi connectivity index (χ4v) is 1.11. The van der Waals surface area contributed by atoms with Crippen molar-refractivity contribution in [1.29, 1.82) is 0 Å². The molecule has 0 saturated carbocycles. The first-order valence-corrected chi connectivity index (χ1v) is 4.80. The number of carbonyl (C=O) groups excluding carboxylic acids is 1. The second-order valence-electron chi connectivity index (χ2n) is 3.37. The van der Waals surface area contributed by atoms with Crippen molar-refractivity contribution in [3.63, 3.8) is 0 Å². The highest BCUT2D eigenvalue weighted by Crippen LogP contribution is 2.10. The Morgan fingerprint density at radius 3 is 2.71 bits per heavy atom. The summed E-state index contributed by atoms with van der Waals surface area (Å²) in [5, 5.41) is 2.87. The average molecular weight is 192 g/mol. The Hall–Kier alpha value is -1.51. The Labute approximate surface area is 84.3 Å². The van der Waals surface area contributed by atoms with Gasteiger partial charge in [0.25, 0.3) is 5.91 Å². The number of nitrogens with one attached hydrogen (secondary N) is 1. The predicted octanol–water partition coefficient (Wildman–Crippen LogP) is 1.80. The smallest absolute Gasteiger partial charge is 0.253 e. The second kappa shape index (κ2) is 4.65. The molecule has 0 heterocycles. The maximum absolute atomic E-state index is 11.6. The highest BCUT2D eigenvalue weighted by atomic mass is 16.1. The van der Waals surface area contributed by atoms with Gasteiger partial charge in [0, 0.05) is 11.7 Å². The van der Waals surface area contributed by atoms with Crippen LogP contribution >= 0.6 is 0 Å². The normalized spacial score (nSPS) is 12.1. The third-order valence-corrected chi connectivity index (χ3v) is 2.20. The molecule has 1 rings (SSSR count). The van der Waals surface area contributed by atoms with E-state index in [2.05, 4.69) is 5.32 Å². The van der Waals surface area contributed by atoms with Gasteiger partial charge in [0.2, 0.25) is 0 Å². The number of nitrogens with two attached hydrogens (primary N) is 1. The fraction of sp³-hybridized carbons (Fsp3) is 0.364. The number of anilines is 1. The molecule has 14 heavy (non-hydrogen) atoms. The molecule has 0 aromatic heterocycles. The van der Waals surface area contributed by atoms with E-state index >= 15 is 0 Å². The third-order valence-electron chi connectivity index (χ3n) is 2.20. The van der Waals surface area contributed by atoms with Crippen LogP contribution in [0.4, 0.5) is 5.69 Å². The molecule has 3 nitrogen and oxygen atoms in total. The number of carbonyl (C=O) groups is 1. The van der Waals surface area contributed by atoms with Crippen LogP contribution in [0.5, 0.6) is 0 Å². The Balaban J connectivity index is 2.75. The summed E-state index contributed by atoms with van der Waals surface area (Å²) in [5.41, 5.74) is 6.75. The van der Waals surface area contributed by atoms with Gasteiger partial charge in [0.05, 0.1) is 5.56 Å². The molecule has 0 unspecified atom stereocenters. The number of hydrogen-bond acceptors (Lipinski definition) is 2. The Morgan fingerprint density at radius 1 is 1.50 bits per heavy atom. The molecular weight excluding hydrogens is 176 g/mol. The largest absolute Gasteiger partial charge is 0.398 e. The van der Waals surface area contributed by atoms with Crippen molar-refractivity contribution >= 4 is 11.6 Å². The number of hydrogen-bond donors (Lipinski definition) is 2. The van der Waals surface area contributed by atoms with Gasteiger partial charge in [-0.25, -0.2) is 0 Å². The number of benzene rings is 1. The van der Waals surface area contributed by atoms with Gasteiger partial charge in [-0.05, 0) is 25.5 Å². The summed E-state index contributed by atoms with van der Waals surface area (Å²) in [7, 11) is 0. The van der Waals surface area contributed by atoms with Crippen LogP contribution in [0.25, 0.3) is 0 Å². The van der Waals surface area contributed by atoms with Crippen molar-refractivity contribution in [3.05, 3.63) is 29.8 Å². The topological polar surface area (TPSA) is 55.1 Å². The van der Waals surface area contributed by atoms with Gasteiger partial charge >= 0.3 is 0 Å². The van der Waals surface area contributed by atoms with Crippen molar-refractivity contribution < 1.29 is 4.79 Å². The predicted molar refractivity (Wildman–Crippen MR) is 58.1 cm³/mol. The molecule has 0 aliphatic heterocycles. The zero-order valence-electron chi connectivity index (χ0n) is 8.58. The van der Waals surface area contributed by atoms with Gasteiger partial charge in [-0.15, -0.1) is 0 Å². The third kappa shape index (κ3) is 2.49. The summed E-state index contributed by atoms with van der Waals surface area (Å²) in [4.78, 5) is 11.6. The maximum atomic E-state index is 11.6. The highest BCUT2D eigenvalue weighted by molar-refractivity contribution is 5.99. The summed E-state index contributed by atoms with van der Waals surface area (Å²) >= 11 is 0. The van der Waals surface area contributed by atoms with Crippen LogP contribution in [0, 0.1) is 0 Å². The lowest BCUT2D eigenvalue weighted by atomic mass is 10.1.